The highest BCUT2D eigenvalue weighted by Gasteiger charge is 2.27. The number of rotatable bonds is 6. The molecule has 1 aromatic rings. The molecular weight excluding hydrogens is 210 g/mol. The molecule has 0 radical (unpaired) electrons. The summed E-state index contributed by atoms with van der Waals surface area (Å²) >= 11 is 1.36. The summed E-state index contributed by atoms with van der Waals surface area (Å²) in [4.78, 5) is 0. The Labute approximate surface area is 94.9 Å². The first kappa shape index (κ1) is 12.5. The zero-order valence-corrected chi connectivity index (χ0v) is 10.3. The minimum absolute atomic E-state index is 0.0660. The average molecular weight is 229 g/mol. The third-order valence-corrected chi connectivity index (χ3v) is 3.61. The Bertz CT molecular complexity index is 276. The summed E-state index contributed by atoms with van der Waals surface area (Å²) in [5.41, 5.74) is 0.896. The smallest absolute Gasteiger partial charge is 0.0893 e. The van der Waals surface area contributed by atoms with Crippen molar-refractivity contribution in [1.29, 1.82) is 0 Å². The van der Waals surface area contributed by atoms with Gasteiger partial charge < -0.3 is 10.4 Å². The van der Waals surface area contributed by atoms with Gasteiger partial charge in [-0.15, -0.1) is 5.10 Å². The lowest BCUT2D eigenvalue weighted by Gasteiger charge is -2.31. The highest BCUT2D eigenvalue weighted by atomic mass is 32.1. The predicted octanol–water partition coefficient (Wildman–Crippen LogP) is 1.42. The normalized spacial score (nSPS) is 17.3. The van der Waals surface area contributed by atoms with Gasteiger partial charge in [0.05, 0.1) is 11.8 Å². The lowest BCUT2D eigenvalue weighted by Crippen LogP contribution is -2.39. The van der Waals surface area contributed by atoms with Crippen LogP contribution in [0.5, 0.6) is 0 Å². The van der Waals surface area contributed by atoms with Crippen LogP contribution in [0.2, 0.25) is 0 Å². The van der Waals surface area contributed by atoms with E-state index in [9.17, 15) is 5.11 Å². The van der Waals surface area contributed by atoms with Gasteiger partial charge in [-0.3, -0.25) is 0 Å². The Morgan fingerprint density at radius 2 is 2.40 bits per heavy atom. The quantitative estimate of drug-likeness (QED) is 0.774. The molecule has 2 N–H and O–H groups in total. The van der Waals surface area contributed by atoms with Gasteiger partial charge in [-0.25, -0.2) is 0 Å². The van der Waals surface area contributed by atoms with E-state index in [-0.39, 0.29) is 11.5 Å². The predicted molar refractivity (Wildman–Crippen MR) is 61.7 cm³/mol. The maximum atomic E-state index is 9.66. The lowest BCUT2D eigenvalue weighted by atomic mass is 9.82. The van der Waals surface area contributed by atoms with Crippen molar-refractivity contribution in [2.45, 2.75) is 39.8 Å². The number of hydrogen-bond donors (Lipinski definition) is 2. The second-order valence-electron chi connectivity index (χ2n) is 4.18. The molecule has 0 aliphatic heterocycles. The molecule has 0 bridgehead atoms. The molecule has 2 unspecified atom stereocenters. The average Bonchev–Trinajstić information content (AvgIpc) is 2.70. The third kappa shape index (κ3) is 3.52. The monoisotopic (exact) mass is 229 g/mol. The molecule has 0 saturated heterocycles. The van der Waals surface area contributed by atoms with E-state index in [0.29, 0.717) is 0 Å². The Morgan fingerprint density at radius 1 is 1.67 bits per heavy atom. The van der Waals surface area contributed by atoms with Crippen molar-refractivity contribution in [1.82, 2.24) is 14.9 Å². The molecule has 0 spiro atoms. The standard InChI is InChI=1S/C10H19N3OS/c1-4-10(3,8(2)14)7-11-5-9-6-15-13-12-9/h6,8,11,14H,4-5,7H2,1-3H3. The van der Waals surface area contributed by atoms with Gasteiger partial charge in [0.25, 0.3) is 0 Å². The molecule has 5 heteroatoms. The van der Waals surface area contributed by atoms with Gasteiger partial charge in [-0.1, -0.05) is 18.3 Å². The number of aliphatic hydroxyl groups excluding tert-OH is 1. The van der Waals surface area contributed by atoms with Crippen LogP contribution in [0.15, 0.2) is 5.38 Å². The van der Waals surface area contributed by atoms with Crippen LogP contribution in [0.4, 0.5) is 0 Å². The van der Waals surface area contributed by atoms with Crippen molar-refractivity contribution < 1.29 is 5.11 Å². The fraction of sp³-hybridized carbons (Fsp3) is 0.800. The first-order valence-electron chi connectivity index (χ1n) is 5.23. The first-order valence-corrected chi connectivity index (χ1v) is 6.07. The highest BCUT2D eigenvalue weighted by molar-refractivity contribution is 7.03. The van der Waals surface area contributed by atoms with Crippen LogP contribution >= 0.6 is 11.5 Å². The lowest BCUT2D eigenvalue weighted by molar-refractivity contribution is 0.0488. The molecule has 0 saturated carbocycles. The molecule has 1 heterocycles. The topological polar surface area (TPSA) is 58.0 Å². The second-order valence-corrected chi connectivity index (χ2v) is 4.79. The molecule has 15 heavy (non-hydrogen) atoms. The molecule has 0 aromatic carbocycles. The van der Waals surface area contributed by atoms with Gasteiger partial charge >= 0.3 is 0 Å². The molecular formula is C10H19N3OS. The van der Waals surface area contributed by atoms with Crippen molar-refractivity contribution in [3.63, 3.8) is 0 Å². The second kappa shape index (κ2) is 5.53. The number of aliphatic hydroxyl groups is 1. The minimum atomic E-state index is -0.302. The largest absolute Gasteiger partial charge is 0.393 e. The van der Waals surface area contributed by atoms with Crippen molar-refractivity contribution in [2.24, 2.45) is 5.41 Å². The molecule has 0 amide bonds. The van der Waals surface area contributed by atoms with Crippen molar-refractivity contribution in [3.05, 3.63) is 11.1 Å². The zero-order chi connectivity index (χ0) is 11.3. The fourth-order valence-electron chi connectivity index (χ4n) is 1.31. The van der Waals surface area contributed by atoms with E-state index >= 15 is 0 Å². The summed E-state index contributed by atoms with van der Waals surface area (Å²) in [6, 6.07) is 0. The van der Waals surface area contributed by atoms with Gasteiger partial charge in [-0.05, 0) is 24.9 Å². The van der Waals surface area contributed by atoms with E-state index in [1.807, 2.05) is 12.3 Å². The number of hydrogen-bond acceptors (Lipinski definition) is 5. The van der Waals surface area contributed by atoms with Gasteiger partial charge in [-0.2, -0.15) is 0 Å². The van der Waals surface area contributed by atoms with Gasteiger partial charge in [0.1, 0.15) is 0 Å². The summed E-state index contributed by atoms with van der Waals surface area (Å²) in [5, 5.41) is 18.8. The van der Waals surface area contributed by atoms with Crippen LogP contribution in [0.1, 0.15) is 32.9 Å². The summed E-state index contributed by atoms with van der Waals surface area (Å²) in [7, 11) is 0. The summed E-state index contributed by atoms with van der Waals surface area (Å²) < 4.78 is 3.79. The number of nitrogens with one attached hydrogen (secondary N) is 1. The van der Waals surface area contributed by atoms with Crippen LogP contribution in [-0.4, -0.2) is 27.3 Å². The van der Waals surface area contributed by atoms with Crippen LogP contribution in [0.25, 0.3) is 0 Å². The molecule has 0 fully saturated rings. The van der Waals surface area contributed by atoms with E-state index in [1.165, 1.54) is 11.5 Å². The molecule has 4 nitrogen and oxygen atoms in total. The van der Waals surface area contributed by atoms with E-state index in [1.54, 1.807) is 0 Å². The Hall–Kier alpha value is -0.520. The summed E-state index contributed by atoms with van der Waals surface area (Å²) in [6.07, 6.45) is 0.649. The van der Waals surface area contributed by atoms with Crippen molar-refractivity contribution in [3.8, 4) is 0 Å². The highest BCUT2D eigenvalue weighted by Crippen LogP contribution is 2.24. The molecule has 0 aliphatic rings. The Kier molecular flexibility index (Phi) is 4.63. The van der Waals surface area contributed by atoms with Crippen LogP contribution in [0.3, 0.4) is 0 Å². The Morgan fingerprint density at radius 3 is 2.87 bits per heavy atom. The summed E-state index contributed by atoms with van der Waals surface area (Å²) in [6.45, 7) is 7.54. The van der Waals surface area contributed by atoms with Crippen LogP contribution in [0, 0.1) is 5.41 Å². The van der Waals surface area contributed by atoms with Gasteiger partial charge in [0.2, 0.25) is 0 Å². The minimum Gasteiger partial charge on any atom is -0.393 e. The molecule has 86 valence electrons. The van der Waals surface area contributed by atoms with E-state index < -0.39 is 0 Å². The van der Waals surface area contributed by atoms with E-state index in [4.69, 9.17) is 0 Å². The van der Waals surface area contributed by atoms with E-state index in [2.05, 4.69) is 28.8 Å². The maximum Gasteiger partial charge on any atom is 0.0893 e. The number of nitrogens with zero attached hydrogens (tertiary/aromatic N) is 2. The number of aromatic nitrogens is 2. The van der Waals surface area contributed by atoms with Gasteiger partial charge in [0, 0.05) is 23.9 Å². The van der Waals surface area contributed by atoms with Gasteiger partial charge in [0.15, 0.2) is 0 Å². The molecule has 0 aliphatic carbocycles. The SMILES string of the molecule is CCC(C)(CNCc1csnn1)C(C)O. The molecule has 1 rings (SSSR count). The van der Waals surface area contributed by atoms with Crippen molar-refractivity contribution in [2.75, 3.05) is 6.54 Å². The van der Waals surface area contributed by atoms with Crippen LogP contribution in [-0.2, 0) is 6.54 Å². The van der Waals surface area contributed by atoms with Crippen LogP contribution < -0.4 is 5.32 Å². The molecule has 1 aromatic heterocycles. The summed E-state index contributed by atoms with van der Waals surface area (Å²) in [5.74, 6) is 0. The third-order valence-electron chi connectivity index (χ3n) is 3.06. The maximum absolute atomic E-state index is 9.66. The van der Waals surface area contributed by atoms with E-state index in [0.717, 1.165) is 25.2 Å². The fourth-order valence-corrected chi connectivity index (χ4v) is 1.76. The Balaban J connectivity index is 2.35. The van der Waals surface area contributed by atoms with Crippen molar-refractivity contribution >= 4 is 11.5 Å². The zero-order valence-electron chi connectivity index (χ0n) is 9.53. The first-order chi connectivity index (χ1) is 7.08. The molecule has 2 atom stereocenters.